The maximum Gasteiger partial charge on any atom is 0.349 e. The average Bonchev–Trinajstić information content (AvgIpc) is 2.79. The van der Waals surface area contributed by atoms with Gasteiger partial charge < -0.3 is 14.5 Å². The Balaban J connectivity index is 1.64. The van der Waals surface area contributed by atoms with Gasteiger partial charge in [-0.3, -0.25) is 4.79 Å². The Kier molecular flexibility index (Phi) is 6.04. The number of aromatic amines is 1. The monoisotopic (exact) mass is 453 g/mol. The predicted octanol–water partition coefficient (Wildman–Crippen LogP) is 3.95. The SMILES string of the molecule is COc1cc(C=Nn2c(=O)[nH]c3ccccc3c2=O)cc(Cl)c1OCc1ccccc1F. The molecule has 0 fully saturated rings. The van der Waals surface area contributed by atoms with Crippen LogP contribution in [0, 0.1) is 5.82 Å². The molecule has 7 nitrogen and oxygen atoms in total. The van der Waals surface area contributed by atoms with Crippen molar-refractivity contribution in [2.45, 2.75) is 6.61 Å². The minimum atomic E-state index is -0.673. The summed E-state index contributed by atoms with van der Waals surface area (Å²) in [6.07, 6.45) is 1.31. The molecule has 162 valence electrons. The molecule has 4 aromatic rings. The highest BCUT2D eigenvalue weighted by molar-refractivity contribution is 6.32. The lowest BCUT2D eigenvalue weighted by molar-refractivity contribution is 0.280. The Morgan fingerprint density at radius 3 is 2.66 bits per heavy atom. The zero-order valence-corrected chi connectivity index (χ0v) is 17.6. The van der Waals surface area contributed by atoms with Gasteiger partial charge in [0.15, 0.2) is 11.5 Å². The van der Waals surface area contributed by atoms with Gasteiger partial charge in [-0.05, 0) is 35.9 Å². The number of H-pyrrole nitrogens is 1. The van der Waals surface area contributed by atoms with Gasteiger partial charge in [-0.1, -0.05) is 41.9 Å². The molecule has 0 atom stereocenters. The Bertz CT molecular complexity index is 1450. The van der Waals surface area contributed by atoms with Crippen molar-refractivity contribution in [2.75, 3.05) is 7.11 Å². The lowest BCUT2D eigenvalue weighted by Gasteiger charge is -2.13. The number of ether oxygens (including phenoxy) is 2. The van der Waals surface area contributed by atoms with Crippen LogP contribution in [0.15, 0.2) is 75.4 Å². The normalized spacial score (nSPS) is 11.2. The van der Waals surface area contributed by atoms with Gasteiger partial charge in [-0.15, -0.1) is 4.68 Å². The Morgan fingerprint density at radius 2 is 1.88 bits per heavy atom. The zero-order valence-electron chi connectivity index (χ0n) is 16.8. The van der Waals surface area contributed by atoms with Crippen LogP contribution in [0.4, 0.5) is 4.39 Å². The number of hydrogen-bond acceptors (Lipinski definition) is 5. The van der Waals surface area contributed by atoms with Gasteiger partial charge >= 0.3 is 5.69 Å². The van der Waals surface area contributed by atoms with Gasteiger partial charge in [0.05, 0.1) is 29.2 Å². The number of halogens is 2. The van der Waals surface area contributed by atoms with Crippen molar-refractivity contribution in [2.24, 2.45) is 5.10 Å². The molecule has 32 heavy (non-hydrogen) atoms. The molecule has 0 aliphatic carbocycles. The summed E-state index contributed by atoms with van der Waals surface area (Å²) in [5.41, 5.74) is 0.0297. The standard InChI is InChI=1S/C23H17ClFN3O4/c1-31-20-11-14(10-17(24)21(20)32-13-15-6-2-4-8-18(15)25)12-26-28-22(29)16-7-3-5-9-19(16)27-23(28)30/h2-12H,13H2,1H3,(H,27,30). The topological polar surface area (TPSA) is 85.7 Å². The van der Waals surface area contributed by atoms with Crippen LogP contribution in [-0.4, -0.2) is 23.0 Å². The van der Waals surface area contributed by atoms with Crippen LogP contribution >= 0.6 is 11.6 Å². The van der Waals surface area contributed by atoms with Gasteiger partial charge in [0.1, 0.15) is 12.4 Å². The van der Waals surface area contributed by atoms with E-state index in [1.165, 1.54) is 25.5 Å². The summed E-state index contributed by atoms with van der Waals surface area (Å²) in [4.78, 5) is 27.5. The van der Waals surface area contributed by atoms with Gasteiger partial charge in [-0.25, -0.2) is 9.18 Å². The van der Waals surface area contributed by atoms with Gasteiger partial charge in [0.25, 0.3) is 5.56 Å². The lowest BCUT2D eigenvalue weighted by atomic mass is 10.2. The molecular formula is C23H17ClFN3O4. The number of para-hydroxylation sites is 1. The van der Waals surface area contributed by atoms with E-state index in [1.54, 1.807) is 48.5 Å². The van der Waals surface area contributed by atoms with E-state index in [-0.39, 0.29) is 23.1 Å². The molecule has 0 aliphatic heterocycles. The highest BCUT2D eigenvalue weighted by Crippen LogP contribution is 2.36. The van der Waals surface area contributed by atoms with Crippen LogP contribution in [-0.2, 0) is 6.61 Å². The summed E-state index contributed by atoms with van der Waals surface area (Å²) in [5.74, 6) is 0.128. The van der Waals surface area contributed by atoms with Crippen LogP contribution in [0.3, 0.4) is 0 Å². The Morgan fingerprint density at radius 1 is 1.12 bits per heavy atom. The molecule has 9 heteroatoms. The minimum absolute atomic E-state index is 0.0436. The van der Waals surface area contributed by atoms with Crippen LogP contribution < -0.4 is 20.7 Å². The molecule has 0 unspecified atom stereocenters. The lowest BCUT2D eigenvalue weighted by Crippen LogP contribution is -2.32. The van der Waals surface area contributed by atoms with E-state index < -0.39 is 17.1 Å². The van der Waals surface area contributed by atoms with Gasteiger partial charge in [0, 0.05) is 5.56 Å². The van der Waals surface area contributed by atoms with E-state index in [1.807, 2.05) is 0 Å². The van der Waals surface area contributed by atoms with Crippen molar-refractivity contribution in [1.29, 1.82) is 0 Å². The van der Waals surface area contributed by atoms with Crippen molar-refractivity contribution < 1.29 is 13.9 Å². The number of nitrogens with zero attached hydrogens (tertiary/aromatic N) is 2. The number of rotatable bonds is 6. The van der Waals surface area contributed by atoms with Crippen molar-refractivity contribution in [3.8, 4) is 11.5 Å². The maximum atomic E-state index is 13.8. The molecular weight excluding hydrogens is 437 g/mol. The smallest absolute Gasteiger partial charge is 0.349 e. The number of benzene rings is 3. The molecule has 0 radical (unpaired) electrons. The number of fused-ring (bicyclic) bond motifs is 1. The fourth-order valence-electron chi connectivity index (χ4n) is 3.10. The first-order valence-electron chi connectivity index (χ1n) is 9.50. The average molecular weight is 454 g/mol. The molecule has 4 rings (SSSR count). The molecule has 1 heterocycles. The van der Waals surface area contributed by atoms with Crippen molar-refractivity contribution in [3.05, 3.63) is 103 Å². The first kappa shape index (κ1) is 21.3. The number of hydrogen-bond donors (Lipinski definition) is 1. The van der Waals surface area contributed by atoms with Gasteiger partial charge in [-0.2, -0.15) is 5.10 Å². The number of aromatic nitrogens is 2. The van der Waals surface area contributed by atoms with Crippen LogP contribution in [0.25, 0.3) is 10.9 Å². The molecule has 0 amide bonds. The maximum absolute atomic E-state index is 13.8. The second-order valence-corrected chi connectivity index (χ2v) is 7.16. The van der Waals surface area contributed by atoms with E-state index in [9.17, 15) is 14.0 Å². The third kappa shape index (κ3) is 4.26. The highest BCUT2D eigenvalue weighted by atomic mass is 35.5. The molecule has 0 saturated heterocycles. The first-order valence-corrected chi connectivity index (χ1v) is 9.88. The van der Waals surface area contributed by atoms with E-state index >= 15 is 0 Å². The van der Waals surface area contributed by atoms with Crippen LogP contribution in [0.2, 0.25) is 5.02 Å². The van der Waals surface area contributed by atoms with Crippen molar-refractivity contribution in [1.82, 2.24) is 9.66 Å². The fraction of sp³-hybridized carbons (Fsp3) is 0.0870. The van der Waals surface area contributed by atoms with Gasteiger partial charge in [0.2, 0.25) is 0 Å². The van der Waals surface area contributed by atoms with E-state index in [0.717, 1.165) is 4.68 Å². The van der Waals surface area contributed by atoms with E-state index in [2.05, 4.69) is 10.1 Å². The van der Waals surface area contributed by atoms with Crippen LogP contribution in [0.5, 0.6) is 11.5 Å². The summed E-state index contributed by atoms with van der Waals surface area (Å²) in [6.45, 7) is -0.0436. The summed E-state index contributed by atoms with van der Waals surface area (Å²) in [6, 6.07) is 16.0. The number of nitrogens with one attached hydrogen (secondary N) is 1. The molecule has 1 aromatic heterocycles. The van der Waals surface area contributed by atoms with E-state index in [0.29, 0.717) is 22.0 Å². The summed E-state index contributed by atoms with van der Waals surface area (Å²) in [7, 11) is 1.43. The third-order valence-electron chi connectivity index (χ3n) is 4.69. The summed E-state index contributed by atoms with van der Waals surface area (Å²) in [5, 5.41) is 4.53. The fourth-order valence-corrected chi connectivity index (χ4v) is 3.38. The van der Waals surface area contributed by atoms with Crippen molar-refractivity contribution in [3.63, 3.8) is 0 Å². The first-order chi connectivity index (χ1) is 15.5. The second kappa shape index (κ2) is 9.07. The third-order valence-corrected chi connectivity index (χ3v) is 4.97. The minimum Gasteiger partial charge on any atom is -0.493 e. The summed E-state index contributed by atoms with van der Waals surface area (Å²) >= 11 is 6.34. The Hall–Kier alpha value is -3.91. The van der Waals surface area contributed by atoms with E-state index in [4.69, 9.17) is 21.1 Å². The number of methoxy groups -OCH3 is 1. The molecule has 3 aromatic carbocycles. The second-order valence-electron chi connectivity index (χ2n) is 6.75. The zero-order chi connectivity index (χ0) is 22.7. The van der Waals surface area contributed by atoms with Crippen LogP contribution in [0.1, 0.15) is 11.1 Å². The molecule has 0 aliphatic rings. The van der Waals surface area contributed by atoms with Crippen molar-refractivity contribution >= 4 is 28.7 Å². The quantitative estimate of drug-likeness (QED) is 0.448. The Labute approximate surface area is 186 Å². The summed E-state index contributed by atoms with van der Waals surface area (Å²) < 4.78 is 25.6. The largest absolute Gasteiger partial charge is 0.493 e. The molecule has 0 saturated carbocycles. The predicted molar refractivity (Wildman–Crippen MR) is 121 cm³/mol. The molecule has 0 bridgehead atoms. The highest BCUT2D eigenvalue weighted by Gasteiger charge is 2.13. The molecule has 1 N–H and O–H groups in total. The molecule has 0 spiro atoms.